The van der Waals surface area contributed by atoms with Crippen LogP contribution in [0, 0.1) is 0 Å². The van der Waals surface area contributed by atoms with Gasteiger partial charge in [-0.3, -0.25) is 10.1 Å². The van der Waals surface area contributed by atoms with Crippen LogP contribution in [-0.4, -0.2) is 40.6 Å². The third-order valence-electron chi connectivity index (χ3n) is 4.80. The molecule has 2 rings (SSSR count). The lowest BCUT2D eigenvalue weighted by Gasteiger charge is -2.40. The van der Waals surface area contributed by atoms with Crippen LogP contribution in [0.4, 0.5) is 0 Å². The highest BCUT2D eigenvalue weighted by atomic mass is 32.2. The molecule has 2 atom stereocenters. The Balaban J connectivity index is 2.08. The van der Waals surface area contributed by atoms with Crippen molar-refractivity contribution in [2.45, 2.75) is 75.7 Å². The van der Waals surface area contributed by atoms with Gasteiger partial charge in [-0.05, 0) is 31.9 Å². The average Bonchev–Trinajstić information content (AvgIpc) is 2.76. The van der Waals surface area contributed by atoms with E-state index in [0.717, 1.165) is 19.4 Å². The first-order chi connectivity index (χ1) is 9.15. The number of amides is 1. The third-order valence-corrected chi connectivity index (χ3v) is 6.21. The molecule has 1 saturated heterocycles. The van der Waals surface area contributed by atoms with Crippen LogP contribution in [0.25, 0.3) is 0 Å². The summed E-state index contributed by atoms with van der Waals surface area (Å²) in [4.78, 5) is 14.6. The second kappa shape index (κ2) is 6.49. The molecule has 19 heavy (non-hydrogen) atoms. The zero-order valence-electron chi connectivity index (χ0n) is 12.6. The summed E-state index contributed by atoms with van der Waals surface area (Å²) in [6, 6.07) is 0.0486. The number of thioether (sulfide) groups is 1. The van der Waals surface area contributed by atoms with Gasteiger partial charge in [-0.15, -0.1) is 0 Å². The van der Waals surface area contributed by atoms with Crippen molar-refractivity contribution >= 4 is 17.7 Å². The summed E-state index contributed by atoms with van der Waals surface area (Å²) in [5, 5.41) is 3.49. The van der Waals surface area contributed by atoms with Crippen molar-refractivity contribution in [3.63, 3.8) is 0 Å². The highest BCUT2D eigenvalue weighted by molar-refractivity contribution is 8.00. The highest BCUT2D eigenvalue weighted by Crippen LogP contribution is 2.40. The topological polar surface area (TPSA) is 32.3 Å². The van der Waals surface area contributed by atoms with Crippen LogP contribution in [0.5, 0.6) is 0 Å². The molecule has 110 valence electrons. The van der Waals surface area contributed by atoms with Gasteiger partial charge >= 0.3 is 0 Å². The minimum absolute atomic E-state index is 0.0486. The Kier molecular flexibility index (Phi) is 5.18. The number of hydrogen-bond donors (Lipinski definition) is 1. The van der Waals surface area contributed by atoms with Gasteiger partial charge in [0, 0.05) is 11.3 Å². The molecule has 3 nitrogen and oxygen atoms in total. The van der Waals surface area contributed by atoms with Crippen molar-refractivity contribution in [2.24, 2.45) is 0 Å². The maximum atomic E-state index is 12.5. The molecule has 2 fully saturated rings. The fourth-order valence-corrected chi connectivity index (χ4v) is 4.46. The summed E-state index contributed by atoms with van der Waals surface area (Å²) in [5.41, 5.74) is 0. The summed E-state index contributed by atoms with van der Waals surface area (Å²) in [7, 11) is 0. The molecule has 1 amide bonds. The first kappa shape index (κ1) is 15.2. The van der Waals surface area contributed by atoms with Gasteiger partial charge in [0.25, 0.3) is 0 Å². The Labute approximate surface area is 121 Å². The fraction of sp³-hybridized carbons (Fsp3) is 0.933. The minimum Gasteiger partial charge on any atom is -0.324 e. The standard InChI is InChI=1S/C15H28N2OS/c1-4-12-14(18)17(13(5-2)16-12)11-15(19-3)9-7-6-8-10-15/h12-13,16H,4-11H2,1-3H3. The Morgan fingerprint density at radius 3 is 2.47 bits per heavy atom. The summed E-state index contributed by atoms with van der Waals surface area (Å²) in [6.07, 6.45) is 10.9. The van der Waals surface area contributed by atoms with Gasteiger partial charge in [0.05, 0.1) is 12.2 Å². The Bertz CT molecular complexity index is 315. The molecule has 0 bridgehead atoms. The van der Waals surface area contributed by atoms with E-state index in [1.54, 1.807) is 0 Å². The fourth-order valence-electron chi connectivity index (χ4n) is 3.50. The number of rotatable bonds is 5. The largest absolute Gasteiger partial charge is 0.324 e. The molecule has 2 aliphatic rings. The van der Waals surface area contributed by atoms with E-state index in [1.807, 2.05) is 11.8 Å². The van der Waals surface area contributed by atoms with Crippen LogP contribution in [-0.2, 0) is 4.79 Å². The van der Waals surface area contributed by atoms with Crippen molar-refractivity contribution in [2.75, 3.05) is 12.8 Å². The lowest BCUT2D eigenvalue weighted by Crippen LogP contribution is -2.47. The van der Waals surface area contributed by atoms with Crippen LogP contribution in [0.2, 0.25) is 0 Å². The Morgan fingerprint density at radius 1 is 1.26 bits per heavy atom. The van der Waals surface area contributed by atoms with Crippen LogP contribution >= 0.6 is 11.8 Å². The second-order valence-electron chi connectivity index (χ2n) is 5.97. The first-order valence-electron chi connectivity index (χ1n) is 7.77. The molecule has 1 heterocycles. The zero-order valence-corrected chi connectivity index (χ0v) is 13.4. The second-order valence-corrected chi connectivity index (χ2v) is 7.24. The number of carbonyl (C=O) groups is 1. The molecule has 0 aromatic rings. The van der Waals surface area contributed by atoms with Crippen molar-refractivity contribution in [3.8, 4) is 0 Å². The predicted molar refractivity (Wildman–Crippen MR) is 82.3 cm³/mol. The van der Waals surface area contributed by atoms with Crippen LogP contribution in [0.3, 0.4) is 0 Å². The third kappa shape index (κ3) is 3.10. The normalized spacial score (nSPS) is 30.9. The number of nitrogens with zero attached hydrogens (tertiary/aromatic N) is 1. The van der Waals surface area contributed by atoms with E-state index < -0.39 is 0 Å². The van der Waals surface area contributed by atoms with E-state index in [1.165, 1.54) is 32.1 Å². The van der Waals surface area contributed by atoms with E-state index in [4.69, 9.17) is 0 Å². The maximum Gasteiger partial charge on any atom is 0.241 e. The SMILES string of the molecule is CCC1NC(CC)N(CC2(SC)CCCCC2)C1=O. The molecular weight excluding hydrogens is 256 g/mol. The van der Waals surface area contributed by atoms with Crippen LogP contribution in [0.1, 0.15) is 58.8 Å². The number of nitrogens with one attached hydrogen (secondary N) is 1. The highest BCUT2D eigenvalue weighted by Gasteiger charge is 2.42. The van der Waals surface area contributed by atoms with E-state index in [-0.39, 0.29) is 12.2 Å². The first-order valence-corrected chi connectivity index (χ1v) is 9.00. The van der Waals surface area contributed by atoms with Crippen molar-refractivity contribution in [3.05, 3.63) is 0 Å². The van der Waals surface area contributed by atoms with Gasteiger partial charge in [-0.2, -0.15) is 11.8 Å². The van der Waals surface area contributed by atoms with E-state index in [2.05, 4.69) is 30.3 Å². The van der Waals surface area contributed by atoms with E-state index in [9.17, 15) is 4.79 Å². The molecule has 1 saturated carbocycles. The molecular formula is C15H28N2OS. The van der Waals surface area contributed by atoms with Crippen LogP contribution in [0.15, 0.2) is 0 Å². The molecule has 0 aromatic carbocycles. The summed E-state index contributed by atoms with van der Waals surface area (Å²) < 4.78 is 0.311. The van der Waals surface area contributed by atoms with Gasteiger partial charge < -0.3 is 4.90 Å². The van der Waals surface area contributed by atoms with Gasteiger partial charge in [0.1, 0.15) is 0 Å². The number of hydrogen-bond acceptors (Lipinski definition) is 3. The van der Waals surface area contributed by atoms with Gasteiger partial charge in [-0.25, -0.2) is 0 Å². The van der Waals surface area contributed by atoms with Gasteiger partial charge in [0.15, 0.2) is 0 Å². The van der Waals surface area contributed by atoms with Crippen molar-refractivity contribution in [1.82, 2.24) is 10.2 Å². The summed E-state index contributed by atoms with van der Waals surface area (Å²) >= 11 is 1.98. The van der Waals surface area contributed by atoms with Gasteiger partial charge in [0.2, 0.25) is 5.91 Å². The maximum absolute atomic E-state index is 12.5. The molecule has 2 unspecified atom stereocenters. The van der Waals surface area contributed by atoms with E-state index in [0.29, 0.717) is 10.7 Å². The quantitative estimate of drug-likeness (QED) is 0.842. The zero-order chi connectivity index (χ0) is 13.9. The molecule has 0 aromatic heterocycles. The lowest BCUT2D eigenvalue weighted by molar-refractivity contribution is -0.130. The predicted octanol–water partition coefficient (Wildman–Crippen LogP) is 3.00. The molecule has 4 heteroatoms. The van der Waals surface area contributed by atoms with Gasteiger partial charge in [-0.1, -0.05) is 33.1 Å². The number of carbonyl (C=O) groups excluding carboxylic acids is 1. The average molecular weight is 284 g/mol. The molecule has 1 aliphatic carbocycles. The Morgan fingerprint density at radius 2 is 1.95 bits per heavy atom. The minimum atomic E-state index is 0.0486. The van der Waals surface area contributed by atoms with Crippen LogP contribution < -0.4 is 5.32 Å². The Hall–Kier alpha value is -0.220. The summed E-state index contributed by atoms with van der Waals surface area (Å²) in [5.74, 6) is 0.327. The monoisotopic (exact) mass is 284 g/mol. The molecule has 1 aliphatic heterocycles. The molecule has 0 spiro atoms. The molecule has 1 N–H and O–H groups in total. The molecule has 0 radical (unpaired) electrons. The smallest absolute Gasteiger partial charge is 0.241 e. The lowest BCUT2D eigenvalue weighted by atomic mass is 9.87. The van der Waals surface area contributed by atoms with Crippen molar-refractivity contribution < 1.29 is 4.79 Å². The summed E-state index contributed by atoms with van der Waals surface area (Å²) in [6.45, 7) is 5.20. The van der Waals surface area contributed by atoms with Crippen molar-refractivity contribution in [1.29, 1.82) is 0 Å². The van der Waals surface area contributed by atoms with E-state index >= 15 is 0 Å².